The van der Waals surface area contributed by atoms with E-state index in [1.807, 2.05) is 0 Å². The number of esters is 1. The average Bonchev–Trinajstić information content (AvgIpc) is 2.72. The summed E-state index contributed by atoms with van der Waals surface area (Å²) in [5, 5.41) is -0.218. The van der Waals surface area contributed by atoms with Crippen molar-refractivity contribution in [1.29, 1.82) is 0 Å². The van der Waals surface area contributed by atoms with Crippen LogP contribution in [-0.2, 0) is 19.4 Å². The van der Waals surface area contributed by atoms with Crippen molar-refractivity contribution in [2.45, 2.75) is 5.16 Å². The molecule has 1 N–H and O–H groups in total. The Morgan fingerprint density at radius 2 is 2.12 bits per heavy atom. The molecule has 7 heteroatoms. The molecule has 1 heterocycles. The molecule has 6 nitrogen and oxygen atoms in total. The van der Waals surface area contributed by atoms with E-state index < -0.39 is 21.6 Å². The van der Waals surface area contributed by atoms with Crippen molar-refractivity contribution in [3.8, 4) is 0 Å². The summed E-state index contributed by atoms with van der Waals surface area (Å²) >= 11 is 0. The minimum Gasteiger partial charge on any atom is -0.468 e. The lowest BCUT2D eigenvalue weighted by atomic mass is 10.3. The Bertz CT molecular complexity index is 627. The average molecular weight is 254 g/mol. The van der Waals surface area contributed by atoms with Crippen LogP contribution in [0.15, 0.2) is 29.4 Å². The second-order valence-electron chi connectivity index (χ2n) is 3.39. The number of benzene rings is 1. The van der Waals surface area contributed by atoms with Gasteiger partial charge in [-0.1, -0.05) is 12.1 Å². The summed E-state index contributed by atoms with van der Waals surface area (Å²) in [6.07, 6.45) is 0. The Morgan fingerprint density at radius 1 is 1.41 bits per heavy atom. The number of carbonyl (C=O) groups is 1. The summed E-state index contributed by atoms with van der Waals surface area (Å²) < 4.78 is 27.9. The largest absolute Gasteiger partial charge is 0.468 e. The Balaban J connectivity index is 2.42. The number of para-hydroxylation sites is 2. The highest BCUT2D eigenvalue weighted by Gasteiger charge is 2.23. The maximum absolute atomic E-state index is 11.8. The summed E-state index contributed by atoms with van der Waals surface area (Å²) in [4.78, 5) is 17.6. The molecule has 17 heavy (non-hydrogen) atoms. The van der Waals surface area contributed by atoms with Gasteiger partial charge in [0.1, 0.15) is 0 Å². The number of fused-ring (bicyclic) bond motifs is 1. The van der Waals surface area contributed by atoms with Gasteiger partial charge in [0.15, 0.2) is 5.75 Å². The second kappa shape index (κ2) is 4.17. The molecule has 0 aliphatic rings. The van der Waals surface area contributed by atoms with E-state index in [2.05, 4.69) is 14.7 Å². The molecule has 0 unspecified atom stereocenters. The van der Waals surface area contributed by atoms with Crippen LogP contribution in [0.1, 0.15) is 0 Å². The van der Waals surface area contributed by atoms with Crippen molar-refractivity contribution in [3.05, 3.63) is 24.3 Å². The second-order valence-corrected chi connectivity index (χ2v) is 5.30. The predicted octanol–water partition coefficient (Wildman–Crippen LogP) is 0.510. The first-order valence-corrected chi connectivity index (χ1v) is 6.42. The third-order valence-electron chi connectivity index (χ3n) is 2.20. The molecule has 0 fully saturated rings. The molecule has 0 spiro atoms. The highest BCUT2D eigenvalue weighted by molar-refractivity contribution is 7.91. The highest BCUT2D eigenvalue weighted by Crippen LogP contribution is 2.14. The van der Waals surface area contributed by atoms with Gasteiger partial charge in [0.25, 0.3) is 0 Å². The number of hydrogen-bond acceptors (Lipinski definition) is 5. The molecule has 1 aromatic carbocycles. The van der Waals surface area contributed by atoms with E-state index in [4.69, 9.17) is 0 Å². The van der Waals surface area contributed by atoms with Gasteiger partial charge in [0.05, 0.1) is 18.1 Å². The molecule has 2 rings (SSSR count). The van der Waals surface area contributed by atoms with Gasteiger partial charge < -0.3 is 9.72 Å². The molecule has 2 aromatic rings. The van der Waals surface area contributed by atoms with E-state index in [0.717, 1.165) is 7.11 Å². The zero-order valence-corrected chi connectivity index (χ0v) is 9.82. The van der Waals surface area contributed by atoms with Gasteiger partial charge in [-0.05, 0) is 12.1 Å². The van der Waals surface area contributed by atoms with Crippen LogP contribution < -0.4 is 0 Å². The van der Waals surface area contributed by atoms with Gasteiger partial charge in [0, 0.05) is 0 Å². The van der Waals surface area contributed by atoms with Gasteiger partial charge >= 0.3 is 5.97 Å². The van der Waals surface area contributed by atoms with Crippen LogP contribution in [-0.4, -0.2) is 37.2 Å². The van der Waals surface area contributed by atoms with E-state index in [1.165, 1.54) is 0 Å². The Hall–Kier alpha value is -1.89. The Morgan fingerprint density at radius 3 is 2.76 bits per heavy atom. The van der Waals surface area contributed by atoms with Gasteiger partial charge in [-0.2, -0.15) is 0 Å². The molecule has 0 radical (unpaired) electrons. The first kappa shape index (κ1) is 11.6. The van der Waals surface area contributed by atoms with Crippen LogP contribution in [0.5, 0.6) is 0 Å². The number of nitrogens with one attached hydrogen (secondary N) is 1. The minimum atomic E-state index is -3.77. The third kappa shape index (κ3) is 2.28. The van der Waals surface area contributed by atoms with Gasteiger partial charge in [-0.3, -0.25) is 4.79 Å². The number of nitrogens with zero attached hydrogens (tertiary/aromatic N) is 1. The zero-order chi connectivity index (χ0) is 12.5. The van der Waals surface area contributed by atoms with E-state index in [-0.39, 0.29) is 5.16 Å². The van der Waals surface area contributed by atoms with Gasteiger partial charge in [-0.15, -0.1) is 0 Å². The van der Waals surface area contributed by atoms with Crippen molar-refractivity contribution in [1.82, 2.24) is 9.97 Å². The fourth-order valence-corrected chi connectivity index (χ4v) is 2.43. The lowest BCUT2D eigenvalue weighted by molar-refractivity contribution is -0.137. The third-order valence-corrected chi connectivity index (χ3v) is 3.60. The van der Waals surface area contributed by atoms with Crippen molar-refractivity contribution in [2.24, 2.45) is 0 Å². The number of ether oxygens (including phenoxy) is 1. The topological polar surface area (TPSA) is 89.1 Å². The molecule has 1 aromatic heterocycles. The van der Waals surface area contributed by atoms with E-state index >= 15 is 0 Å². The summed E-state index contributed by atoms with van der Waals surface area (Å²) in [6, 6.07) is 6.90. The lowest BCUT2D eigenvalue weighted by Crippen LogP contribution is -2.18. The highest BCUT2D eigenvalue weighted by atomic mass is 32.2. The van der Waals surface area contributed by atoms with Crippen molar-refractivity contribution in [2.75, 3.05) is 12.9 Å². The zero-order valence-electron chi connectivity index (χ0n) is 9.00. The normalized spacial score (nSPS) is 11.6. The molecule has 90 valence electrons. The number of hydrogen-bond donors (Lipinski definition) is 1. The van der Waals surface area contributed by atoms with E-state index in [1.54, 1.807) is 24.3 Å². The van der Waals surface area contributed by atoms with Gasteiger partial charge in [0.2, 0.25) is 15.0 Å². The number of rotatable bonds is 3. The van der Waals surface area contributed by atoms with Crippen molar-refractivity contribution < 1.29 is 17.9 Å². The maximum Gasteiger partial charge on any atom is 0.321 e. The monoisotopic (exact) mass is 254 g/mol. The van der Waals surface area contributed by atoms with Crippen molar-refractivity contribution in [3.63, 3.8) is 0 Å². The first-order valence-electron chi connectivity index (χ1n) is 4.77. The smallest absolute Gasteiger partial charge is 0.321 e. The number of sulfone groups is 1. The fraction of sp³-hybridized carbons (Fsp3) is 0.200. The molecule has 0 saturated carbocycles. The van der Waals surface area contributed by atoms with E-state index in [9.17, 15) is 13.2 Å². The number of carbonyl (C=O) groups excluding carboxylic acids is 1. The van der Waals surface area contributed by atoms with Crippen LogP contribution in [0, 0.1) is 0 Å². The van der Waals surface area contributed by atoms with Crippen LogP contribution in [0.4, 0.5) is 0 Å². The first-order chi connectivity index (χ1) is 8.03. The molecular weight excluding hydrogens is 244 g/mol. The van der Waals surface area contributed by atoms with Crippen molar-refractivity contribution >= 4 is 26.8 Å². The van der Waals surface area contributed by atoms with Gasteiger partial charge in [-0.25, -0.2) is 13.4 Å². The van der Waals surface area contributed by atoms with E-state index in [0.29, 0.717) is 11.0 Å². The molecule has 0 bridgehead atoms. The Labute approximate surface area is 97.5 Å². The molecule has 0 aliphatic carbocycles. The standard InChI is InChI=1S/C10H10N2O4S/c1-16-9(13)6-17(14,15)10-11-7-4-2-3-5-8(7)12-10/h2-5H,6H2,1H3,(H,11,12). The molecule has 0 atom stereocenters. The molecule has 0 amide bonds. The van der Waals surface area contributed by atoms with Crippen LogP contribution in [0.2, 0.25) is 0 Å². The molecule has 0 saturated heterocycles. The number of methoxy groups -OCH3 is 1. The summed E-state index contributed by atoms with van der Waals surface area (Å²) in [6.45, 7) is 0. The Kier molecular flexibility index (Phi) is 2.84. The quantitative estimate of drug-likeness (QED) is 0.806. The lowest BCUT2D eigenvalue weighted by Gasteiger charge is -1.98. The van der Waals surface area contributed by atoms with Crippen LogP contribution >= 0.6 is 0 Å². The minimum absolute atomic E-state index is 0.218. The summed E-state index contributed by atoms with van der Waals surface area (Å²) in [7, 11) is -2.64. The molecule has 0 aliphatic heterocycles. The fourth-order valence-electron chi connectivity index (χ4n) is 1.36. The number of aromatic amines is 1. The van der Waals surface area contributed by atoms with Crippen LogP contribution in [0.3, 0.4) is 0 Å². The number of H-pyrrole nitrogens is 1. The number of imidazole rings is 1. The number of aromatic nitrogens is 2. The van der Waals surface area contributed by atoms with Crippen LogP contribution in [0.25, 0.3) is 11.0 Å². The SMILES string of the molecule is COC(=O)CS(=O)(=O)c1nc2ccccc2[nH]1. The maximum atomic E-state index is 11.8. The molecular formula is C10H10N2O4S. The predicted molar refractivity (Wildman–Crippen MR) is 60.2 cm³/mol. The summed E-state index contributed by atoms with van der Waals surface area (Å²) in [5.41, 5.74) is 1.15. The summed E-state index contributed by atoms with van der Waals surface area (Å²) in [5.74, 6) is -1.53.